The largest absolute Gasteiger partial charge is 0.379 e. The number of ether oxygens (including phenoxy) is 4. The Morgan fingerprint density at radius 1 is 0.814 bits per heavy atom. The standard InChI is InChI=1S/C55H66N6O9/c1-39-14-16-42(17-15-39)38-57-52(64)47-13-8-26-61(47)54(66)51(55(2,3)4)60-48(63)24-28-67-30-32-69-34-35-70-33-31-68-29-25-56-37-41-18-21-44(22-19-41)58-50(43-11-6-5-7-12-43)49-45-23-20-40(10-9-27-62)36-46(45)59-53(49)65/h5-7,11-12,14-23,27,36,47,51,56,58H,8,13,24-26,28-35,37-38H2,1-4H3,(H,57,64)(H,59,65)(H,60,63)/b50-49-. The Morgan fingerprint density at radius 2 is 1.46 bits per heavy atom. The van der Waals surface area contributed by atoms with E-state index in [0.717, 1.165) is 39.9 Å². The Bertz CT molecular complexity index is 2480. The fraction of sp³-hybridized carbons (Fsp3) is 0.400. The smallest absolute Gasteiger partial charge is 0.258 e. The second kappa shape index (κ2) is 26.9. The van der Waals surface area contributed by atoms with E-state index in [9.17, 15) is 24.0 Å². The lowest BCUT2D eigenvalue weighted by atomic mass is 9.85. The highest BCUT2D eigenvalue weighted by Crippen LogP contribution is 2.38. The molecular formula is C55H66N6O9. The molecule has 0 radical (unpaired) electrons. The number of amides is 4. The van der Waals surface area contributed by atoms with Crippen LogP contribution in [0.5, 0.6) is 0 Å². The number of likely N-dealkylation sites (tertiary alicyclic amines) is 1. The summed E-state index contributed by atoms with van der Waals surface area (Å²) in [5.74, 6) is 4.24. The van der Waals surface area contributed by atoms with Crippen molar-refractivity contribution in [1.82, 2.24) is 20.9 Å². The second-order valence-electron chi connectivity index (χ2n) is 18.2. The molecule has 0 bridgehead atoms. The summed E-state index contributed by atoms with van der Waals surface area (Å²) in [5.41, 5.74) is 7.58. The number of nitrogens with zero attached hydrogens (tertiary/aromatic N) is 1. The van der Waals surface area contributed by atoms with Gasteiger partial charge < -0.3 is 50.4 Å². The number of benzene rings is 4. The first-order valence-electron chi connectivity index (χ1n) is 23.9. The monoisotopic (exact) mass is 954 g/mol. The number of nitrogens with one attached hydrogen (secondary N) is 5. The topological polar surface area (TPSA) is 186 Å². The lowest BCUT2D eigenvalue weighted by Gasteiger charge is -2.35. The van der Waals surface area contributed by atoms with Gasteiger partial charge in [-0.2, -0.15) is 0 Å². The molecule has 2 atom stereocenters. The molecule has 1 saturated heterocycles. The minimum Gasteiger partial charge on any atom is -0.379 e. The fourth-order valence-electron chi connectivity index (χ4n) is 8.01. The zero-order chi connectivity index (χ0) is 49.7. The molecule has 370 valence electrons. The highest BCUT2D eigenvalue weighted by molar-refractivity contribution is 6.37. The highest BCUT2D eigenvalue weighted by atomic mass is 16.6. The average molecular weight is 955 g/mol. The van der Waals surface area contributed by atoms with Gasteiger partial charge in [-0.3, -0.25) is 24.0 Å². The first-order chi connectivity index (χ1) is 33.9. The van der Waals surface area contributed by atoms with Crippen molar-refractivity contribution in [3.05, 3.63) is 130 Å². The Balaban J connectivity index is 0.793. The Hall–Kier alpha value is -6.67. The molecule has 0 aromatic heterocycles. The molecule has 0 spiro atoms. The van der Waals surface area contributed by atoms with Gasteiger partial charge in [0, 0.05) is 49.4 Å². The van der Waals surface area contributed by atoms with Crippen molar-refractivity contribution >= 4 is 52.6 Å². The van der Waals surface area contributed by atoms with Crippen LogP contribution in [0.4, 0.5) is 11.4 Å². The molecule has 2 aliphatic heterocycles. The van der Waals surface area contributed by atoms with Crippen LogP contribution in [-0.4, -0.2) is 113 Å². The molecule has 6 rings (SSSR count). The van der Waals surface area contributed by atoms with E-state index in [1.807, 2.05) is 113 Å². The summed E-state index contributed by atoms with van der Waals surface area (Å²) in [4.78, 5) is 65.5. The molecule has 5 N–H and O–H groups in total. The minimum atomic E-state index is -0.791. The Kier molecular flexibility index (Phi) is 20.3. The van der Waals surface area contributed by atoms with Gasteiger partial charge in [-0.05, 0) is 72.1 Å². The molecule has 4 aromatic rings. The molecule has 15 heteroatoms. The Morgan fingerprint density at radius 3 is 2.13 bits per heavy atom. The van der Waals surface area contributed by atoms with Crippen molar-refractivity contribution in [3.8, 4) is 11.8 Å². The summed E-state index contributed by atoms with van der Waals surface area (Å²) < 4.78 is 22.5. The van der Waals surface area contributed by atoms with E-state index in [-0.39, 0.29) is 36.7 Å². The van der Waals surface area contributed by atoms with Crippen LogP contribution in [0.15, 0.2) is 97.1 Å². The zero-order valence-electron chi connectivity index (χ0n) is 40.7. The average Bonchev–Trinajstić information content (AvgIpc) is 3.98. The quantitative estimate of drug-likeness (QED) is 0.0232. The van der Waals surface area contributed by atoms with Crippen molar-refractivity contribution in [1.29, 1.82) is 0 Å². The number of anilines is 2. The summed E-state index contributed by atoms with van der Waals surface area (Å²) in [6.45, 7) is 13.0. The minimum absolute atomic E-state index is 0.0873. The summed E-state index contributed by atoms with van der Waals surface area (Å²) in [6.07, 6.45) is 1.93. The highest BCUT2D eigenvalue weighted by Gasteiger charge is 2.41. The number of hydrogen-bond acceptors (Lipinski definition) is 11. The molecule has 1 fully saturated rings. The maximum Gasteiger partial charge on any atom is 0.258 e. The summed E-state index contributed by atoms with van der Waals surface area (Å²) >= 11 is 0. The molecule has 0 aliphatic carbocycles. The van der Waals surface area contributed by atoms with Crippen LogP contribution in [-0.2, 0) is 56.0 Å². The molecule has 15 nitrogen and oxygen atoms in total. The third-order valence-electron chi connectivity index (χ3n) is 11.8. The van der Waals surface area contributed by atoms with Crippen molar-refractivity contribution in [3.63, 3.8) is 0 Å². The lowest BCUT2D eigenvalue weighted by molar-refractivity contribution is -0.144. The van der Waals surface area contributed by atoms with Gasteiger partial charge in [0.1, 0.15) is 12.1 Å². The molecule has 4 amide bonds. The third-order valence-corrected chi connectivity index (χ3v) is 11.8. The van der Waals surface area contributed by atoms with Crippen LogP contribution in [0.25, 0.3) is 11.3 Å². The van der Waals surface area contributed by atoms with Crippen LogP contribution in [0.2, 0.25) is 0 Å². The van der Waals surface area contributed by atoms with Gasteiger partial charge in [0.2, 0.25) is 17.7 Å². The summed E-state index contributed by atoms with van der Waals surface area (Å²) in [5, 5.41) is 15.7. The van der Waals surface area contributed by atoms with Gasteiger partial charge in [-0.1, -0.05) is 105 Å². The number of hydrogen-bond donors (Lipinski definition) is 5. The normalized spacial score (nSPS) is 15.3. The number of carbonyl (C=O) groups is 5. The van der Waals surface area contributed by atoms with Crippen LogP contribution < -0.4 is 26.6 Å². The molecule has 2 unspecified atom stereocenters. The molecule has 0 saturated carbocycles. The number of rotatable bonds is 25. The van der Waals surface area contributed by atoms with E-state index in [2.05, 4.69) is 38.4 Å². The van der Waals surface area contributed by atoms with Gasteiger partial charge in [0.05, 0.1) is 69.8 Å². The van der Waals surface area contributed by atoms with Crippen molar-refractivity contribution in [2.75, 3.05) is 76.6 Å². The zero-order valence-corrected chi connectivity index (χ0v) is 40.7. The van der Waals surface area contributed by atoms with Gasteiger partial charge in [0.25, 0.3) is 5.91 Å². The van der Waals surface area contributed by atoms with Gasteiger partial charge in [0.15, 0.2) is 6.29 Å². The van der Waals surface area contributed by atoms with E-state index in [4.69, 9.17) is 18.9 Å². The predicted molar refractivity (Wildman–Crippen MR) is 270 cm³/mol. The summed E-state index contributed by atoms with van der Waals surface area (Å²) in [6, 6.07) is 29.7. The molecule has 2 heterocycles. The van der Waals surface area contributed by atoms with Gasteiger partial charge >= 0.3 is 0 Å². The fourth-order valence-corrected chi connectivity index (χ4v) is 8.01. The van der Waals surface area contributed by atoms with Crippen LogP contribution in [0, 0.1) is 24.2 Å². The first kappa shape index (κ1) is 52.7. The van der Waals surface area contributed by atoms with Crippen molar-refractivity contribution in [2.45, 2.75) is 72.1 Å². The number of fused-ring (bicyclic) bond motifs is 1. The number of carbonyl (C=O) groups excluding carboxylic acids is 5. The predicted octanol–water partition coefficient (Wildman–Crippen LogP) is 5.86. The Labute approximate surface area is 411 Å². The maximum absolute atomic E-state index is 13.8. The SMILES string of the molecule is Cc1ccc(CNC(=O)C2CCCN2C(=O)C(NC(=O)CCOCCOCCOCCOCCNCc2ccc(N/C(=C3\C(=O)Nc4cc(C#CC=O)ccc43)c3ccccc3)cc2)C(C)(C)C)cc1. The van der Waals surface area contributed by atoms with Crippen molar-refractivity contribution < 1.29 is 42.9 Å². The third kappa shape index (κ3) is 15.9. The number of aryl methyl sites for hydroxylation is 1. The van der Waals surface area contributed by atoms with Crippen LogP contribution in [0.1, 0.15) is 73.4 Å². The molecular weight excluding hydrogens is 889 g/mol. The first-order valence-corrected chi connectivity index (χ1v) is 23.9. The van der Waals surface area contributed by atoms with E-state index in [1.54, 1.807) is 17.0 Å². The van der Waals surface area contributed by atoms with Crippen LogP contribution >= 0.6 is 0 Å². The van der Waals surface area contributed by atoms with Crippen LogP contribution in [0.3, 0.4) is 0 Å². The van der Waals surface area contributed by atoms with E-state index < -0.39 is 17.5 Å². The van der Waals surface area contributed by atoms with E-state index in [1.165, 1.54) is 0 Å². The number of aldehydes is 1. The van der Waals surface area contributed by atoms with E-state index in [0.29, 0.717) is 108 Å². The van der Waals surface area contributed by atoms with E-state index >= 15 is 0 Å². The van der Waals surface area contributed by atoms with Gasteiger partial charge in [-0.15, -0.1) is 0 Å². The lowest BCUT2D eigenvalue weighted by Crippen LogP contribution is -2.57. The summed E-state index contributed by atoms with van der Waals surface area (Å²) in [7, 11) is 0. The molecule has 2 aliphatic rings. The maximum atomic E-state index is 13.8. The molecule has 70 heavy (non-hydrogen) atoms. The van der Waals surface area contributed by atoms with Crippen molar-refractivity contribution in [2.24, 2.45) is 5.41 Å². The van der Waals surface area contributed by atoms with Gasteiger partial charge in [-0.25, -0.2) is 0 Å². The molecule has 4 aromatic carbocycles. The second-order valence-corrected chi connectivity index (χ2v) is 18.2.